The summed E-state index contributed by atoms with van der Waals surface area (Å²) in [5, 5.41) is 3.20. The Labute approximate surface area is 244 Å². The lowest BCUT2D eigenvalue weighted by Crippen LogP contribution is -2.54. The van der Waals surface area contributed by atoms with Gasteiger partial charge in [-0.1, -0.05) is 85.1 Å². The maximum absolute atomic E-state index is 14.3. The highest BCUT2D eigenvalue weighted by Crippen LogP contribution is 2.26. The number of hydrogen-bond acceptors (Lipinski definition) is 4. The van der Waals surface area contributed by atoms with E-state index in [1.165, 1.54) is 0 Å². The van der Waals surface area contributed by atoms with E-state index < -0.39 is 28.5 Å². The van der Waals surface area contributed by atoms with Gasteiger partial charge in [-0.05, 0) is 61.9 Å². The standard InChI is InChI=1S/C33H41N3O4S/c1-24-17-19-28(20-18-24)22-35(32(37)23-36(41(4,39)40)30-16-10-11-25(2)26(30)3)31(21-27-12-6-5-7-13-27)33(38)34-29-14-8-9-15-29/h5-7,10-13,16-20,29,31H,8-9,14-15,21-23H2,1-4H3,(H,34,38)/t31-/m1/s1. The average Bonchev–Trinajstić information content (AvgIpc) is 3.45. The van der Waals surface area contributed by atoms with Crippen molar-refractivity contribution in [3.63, 3.8) is 0 Å². The van der Waals surface area contributed by atoms with Crippen LogP contribution in [0.25, 0.3) is 0 Å². The summed E-state index contributed by atoms with van der Waals surface area (Å²) in [5.41, 5.74) is 5.06. The van der Waals surface area contributed by atoms with Crippen molar-refractivity contribution in [2.24, 2.45) is 0 Å². The monoisotopic (exact) mass is 575 g/mol. The van der Waals surface area contributed by atoms with E-state index in [1.54, 1.807) is 17.0 Å². The van der Waals surface area contributed by atoms with Gasteiger partial charge in [0, 0.05) is 19.0 Å². The largest absolute Gasteiger partial charge is 0.352 e. The number of benzene rings is 3. The molecule has 41 heavy (non-hydrogen) atoms. The first-order valence-corrected chi connectivity index (χ1v) is 16.1. The van der Waals surface area contributed by atoms with E-state index >= 15 is 0 Å². The molecule has 0 unspecified atom stereocenters. The van der Waals surface area contributed by atoms with Gasteiger partial charge in [0.2, 0.25) is 21.8 Å². The van der Waals surface area contributed by atoms with Gasteiger partial charge in [-0.3, -0.25) is 13.9 Å². The normalized spacial score (nSPS) is 14.4. The molecule has 3 aromatic carbocycles. The highest BCUT2D eigenvalue weighted by molar-refractivity contribution is 7.92. The maximum Gasteiger partial charge on any atom is 0.244 e. The topological polar surface area (TPSA) is 86.8 Å². The van der Waals surface area contributed by atoms with Crippen LogP contribution < -0.4 is 9.62 Å². The molecule has 1 saturated carbocycles. The van der Waals surface area contributed by atoms with Crippen LogP contribution in [0.2, 0.25) is 0 Å². The SMILES string of the molecule is Cc1ccc(CN(C(=O)CN(c2cccc(C)c2C)S(C)(=O)=O)[C@H](Cc2ccccc2)C(=O)NC2CCCC2)cc1. The van der Waals surface area contributed by atoms with Gasteiger partial charge in [0.05, 0.1) is 11.9 Å². The van der Waals surface area contributed by atoms with Crippen LogP contribution >= 0.6 is 0 Å². The molecule has 1 N–H and O–H groups in total. The fourth-order valence-electron chi connectivity index (χ4n) is 5.41. The highest BCUT2D eigenvalue weighted by Gasteiger charge is 2.34. The second-order valence-corrected chi connectivity index (χ2v) is 13.1. The second kappa shape index (κ2) is 13.3. The molecule has 1 aliphatic rings. The zero-order valence-electron chi connectivity index (χ0n) is 24.5. The summed E-state index contributed by atoms with van der Waals surface area (Å²) in [6.45, 7) is 5.53. The Balaban J connectivity index is 1.74. The summed E-state index contributed by atoms with van der Waals surface area (Å²) in [7, 11) is -3.80. The molecule has 8 heteroatoms. The predicted octanol–water partition coefficient (Wildman–Crippen LogP) is 5.08. The highest BCUT2D eigenvalue weighted by atomic mass is 32.2. The lowest BCUT2D eigenvalue weighted by molar-refractivity contribution is -0.140. The Kier molecular flexibility index (Phi) is 9.86. The molecule has 4 rings (SSSR count). The van der Waals surface area contributed by atoms with Gasteiger partial charge in [0.1, 0.15) is 12.6 Å². The summed E-state index contributed by atoms with van der Waals surface area (Å²) in [5.74, 6) is -0.640. The number of amides is 2. The Bertz CT molecular complexity index is 1450. The van der Waals surface area contributed by atoms with Crippen molar-refractivity contribution in [3.05, 3.63) is 101 Å². The molecule has 0 aromatic heterocycles. The van der Waals surface area contributed by atoms with E-state index in [1.807, 2.05) is 81.4 Å². The van der Waals surface area contributed by atoms with Crippen LogP contribution in [0.4, 0.5) is 5.69 Å². The number of hydrogen-bond donors (Lipinski definition) is 1. The lowest BCUT2D eigenvalue weighted by atomic mass is 10.0. The van der Waals surface area contributed by atoms with Crippen LogP contribution in [0.3, 0.4) is 0 Å². The van der Waals surface area contributed by atoms with Crippen molar-refractivity contribution in [3.8, 4) is 0 Å². The zero-order valence-corrected chi connectivity index (χ0v) is 25.3. The minimum Gasteiger partial charge on any atom is -0.352 e. The number of nitrogens with one attached hydrogen (secondary N) is 1. The number of carbonyl (C=O) groups excluding carboxylic acids is 2. The molecule has 0 aliphatic heterocycles. The van der Waals surface area contributed by atoms with Gasteiger partial charge in [-0.15, -0.1) is 0 Å². The minimum absolute atomic E-state index is 0.0829. The van der Waals surface area contributed by atoms with Crippen molar-refractivity contribution in [2.75, 3.05) is 17.1 Å². The number of anilines is 1. The molecular formula is C33H41N3O4S. The molecule has 7 nitrogen and oxygen atoms in total. The molecule has 0 heterocycles. The first kappa shape index (κ1) is 30.3. The Morgan fingerprint density at radius 1 is 0.878 bits per heavy atom. The zero-order chi connectivity index (χ0) is 29.6. The molecule has 1 fully saturated rings. The predicted molar refractivity (Wildman–Crippen MR) is 164 cm³/mol. The van der Waals surface area contributed by atoms with Crippen molar-refractivity contribution in [1.82, 2.24) is 10.2 Å². The van der Waals surface area contributed by atoms with E-state index in [4.69, 9.17) is 0 Å². The van der Waals surface area contributed by atoms with Crippen LogP contribution in [0.15, 0.2) is 72.8 Å². The number of aryl methyl sites for hydroxylation is 2. The van der Waals surface area contributed by atoms with Crippen LogP contribution in [-0.2, 0) is 32.6 Å². The molecule has 2 amide bonds. The summed E-state index contributed by atoms with van der Waals surface area (Å²) in [4.78, 5) is 29.7. The molecule has 3 aromatic rings. The molecule has 0 spiro atoms. The fraction of sp³-hybridized carbons (Fsp3) is 0.394. The molecule has 0 radical (unpaired) electrons. The number of sulfonamides is 1. The van der Waals surface area contributed by atoms with Gasteiger partial charge < -0.3 is 10.2 Å². The van der Waals surface area contributed by atoms with E-state index in [9.17, 15) is 18.0 Å². The number of carbonyl (C=O) groups is 2. The Morgan fingerprint density at radius 3 is 2.17 bits per heavy atom. The maximum atomic E-state index is 14.3. The average molecular weight is 576 g/mol. The van der Waals surface area contributed by atoms with Gasteiger partial charge in [-0.2, -0.15) is 0 Å². The van der Waals surface area contributed by atoms with Crippen LogP contribution in [0.5, 0.6) is 0 Å². The number of rotatable bonds is 11. The van der Waals surface area contributed by atoms with E-state index in [2.05, 4.69) is 5.32 Å². The lowest BCUT2D eigenvalue weighted by Gasteiger charge is -2.34. The van der Waals surface area contributed by atoms with Crippen LogP contribution in [-0.4, -0.2) is 50.0 Å². The molecule has 0 saturated heterocycles. The molecule has 218 valence electrons. The minimum atomic E-state index is -3.80. The molecule has 1 aliphatic carbocycles. The quantitative estimate of drug-likeness (QED) is 0.346. The summed E-state index contributed by atoms with van der Waals surface area (Å²) in [6, 6.07) is 22.2. The van der Waals surface area contributed by atoms with Crippen molar-refractivity contribution in [2.45, 2.75) is 71.5 Å². The van der Waals surface area contributed by atoms with Gasteiger partial charge in [0.15, 0.2) is 0 Å². The van der Waals surface area contributed by atoms with E-state index in [-0.39, 0.29) is 18.5 Å². The van der Waals surface area contributed by atoms with Gasteiger partial charge in [0.25, 0.3) is 0 Å². The second-order valence-electron chi connectivity index (χ2n) is 11.2. The first-order chi connectivity index (χ1) is 19.5. The van der Waals surface area contributed by atoms with E-state index in [0.29, 0.717) is 12.1 Å². The summed E-state index contributed by atoms with van der Waals surface area (Å²) < 4.78 is 27.3. The summed E-state index contributed by atoms with van der Waals surface area (Å²) >= 11 is 0. The van der Waals surface area contributed by atoms with E-state index in [0.717, 1.165) is 64.1 Å². The number of nitrogens with zero attached hydrogens (tertiary/aromatic N) is 2. The third-order valence-corrected chi connectivity index (χ3v) is 9.10. The molecular weight excluding hydrogens is 534 g/mol. The van der Waals surface area contributed by atoms with Crippen LogP contribution in [0.1, 0.15) is 53.5 Å². The van der Waals surface area contributed by atoms with Gasteiger partial charge in [-0.25, -0.2) is 8.42 Å². The first-order valence-electron chi connectivity index (χ1n) is 14.3. The summed E-state index contributed by atoms with van der Waals surface area (Å²) in [6.07, 6.45) is 5.41. The Morgan fingerprint density at radius 2 is 1.54 bits per heavy atom. The van der Waals surface area contributed by atoms with Crippen LogP contribution in [0, 0.1) is 20.8 Å². The van der Waals surface area contributed by atoms with Crippen molar-refractivity contribution in [1.29, 1.82) is 0 Å². The molecule has 1 atom stereocenters. The third kappa shape index (κ3) is 7.97. The Hall–Kier alpha value is -3.65. The fourth-order valence-corrected chi connectivity index (χ4v) is 6.31. The third-order valence-electron chi connectivity index (χ3n) is 7.97. The van der Waals surface area contributed by atoms with Gasteiger partial charge >= 0.3 is 0 Å². The van der Waals surface area contributed by atoms with Crippen molar-refractivity contribution >= 4 is 27.5 Å². The van der Waals surface area contributed by atoms with Crippen molar-refractivity contribution < 1.29 is 18.0 Å². The molecule has 0 bridgehead atoms. The smallest absolute Gasteiger partial charge is 0.244 e.